The van der Waals surface area contributed by atoms with Crippen molar-refractivity contribution in [3.8, 4) is 0 Å². The van der Waals surface area contributed by atoms with E-state index in [1.54, 1.807) is 6.92 Å². The maximum atomic E-state index is 11.9. The number of nitrogens with zero attached hydrogens (tertiary/aromatic N) is 5. The fourth-order valence-corrected chi connectivity index (χ4v) is 4.48. The minimum absolute atomic E-state index is 0.0892. The summed E-state index contributed by atoms with van der Waals surface area (Å²) in [4.78, 5) is 19.5. The highest BCUT2D eigenvalue weighted by Crippen LogP contribution is 2.32. The molecule has 0 radical (unpaired) electrons. The minimum Gasteiger partial charge on any atom is -0.361 e. The number of aromatic amines is 1. The maximum absolute atomic E-state index is 11.9. The first-order chi connectivity index (χ1) is 13.2. The van der Waals surface area contributed by atoms with E-state index in [2.05, 4.69) is 48.9 Å². The van der Waals surface area contributed by atoms with E-state index in [1.807, 2.05) is 11.1 Å². The first kappa shape index (κ1) is 16.5. The molecule has 7 heteroatoms. The zero-order valence-corrected chi connectivity index (χ0v) is 15.6. The zero-order valence-electron chi connectivity index (χ0n) is 15.6. The SMILES string of the molecule is CC(=O)N1CCC[C@@H]1c1nnc2n1CCN(Cc1ccc3[nH]ccc3c1)C2. The third kappa shape index (κ3) is 2.92. The van der Waals surface area contributed by atoms with Gasteiger partial charge in [0.05, 0.1) is 12.6 Å². The van der Waals surface area contributed by atoms with Gasteiger partial charge in [-0.2, -0.15) is 0 Å². The Morgan fingerprint density at radius 2 is 2.15 bits per heavy atom. The van der Waals surface area contributed by atoms with Gasteiger partial charge in [0.2, 0.25) is 5.91 Å². The van der Waals surface area contributed by atoms with Gasteiger partial charge in [-0.05, 0) is 42.0 Å². The summed E-state index contributed by atoms with van der Waals surface area (Å²) in [6, 6.07) is 8.78. The molecule has 2 aliphatic rings. The van der Waals surface area contributed by atoms with Crippen LogP contribution in [0.2, 0.25) is 0 Å². The largest absolute Gasteiger partial charge is 0.361 e. The monoisotopic (exact) mass is 364 g/mol. The van der Waals surface area contributed by atoms with Gasteiger partial charge in [0.15, 0.2) is 5.82 Å². The number of likely N-dealkylation sites (tertiary alicyclic amines) is 1. The molecule has 1 aromatic carbocycles. The van der Waals surface area contributed by atoms with Crippen molar-refractivity contribution in [2.45, 2.75) is 45.4 Å². The van der Waals surface area contributed by atoms with Gasteiger partial charge in [0.25, 0.3) is 0 Å². The molecule has 0 bridgehead atoms. The van der Waals surface area contributed by atoms with E-state index < -0.39 is 0 Å². The number of hydrogen-bond donors (Lipinski definition) is 1. The van der Waals surface area contributed by atoms with Crippen molar-refractivity contribution >= 4 is 16.8 Å². The lowest BCUT2D eigenvalue weighted by Crippen LogP contribution is -2.36. The molecule has 0 spiro atoms. The molecule has 2 aromatic heterocycles. The van der Waals surface area contributed by atoms with Crippen LogP contribution in [0.3, 0.4) is 0 Å². The second-order valence-corrected chi connectivity index (χ2v) is 7.61. The van der Waals surface area contributed by atoms with Gasteiger partial charge in [-0.15, -0.1) is 10.2 Å². The Labute approximate surface area is 158 Å². The van der Waals surface area contributed by atoms with Crippen LogP contribution < -0.4 is 0 Å². The van der Waals surface area contributed by atoms with Crippen molar-refractivity contribution in [3.05, 3.63) is 47.7 Å². The molecule has 1 atom stereocenters. The molecular formula is C20H24N6O. The minimum atomic E-state index is 0.0892. The summed E-state index contributed by atoms with van der Waals surface area (Å²) in [5.41, 5.74) is 2.49. The highest BCUT2D eigenvalue weighted by Gasteiger charge is 2.33. The Hall–Kier alpha value is -2.67. The number of nitrogens with one attached hydrogen (secondary N) is 1. The Balaban J connectivity index is 1.33. The number of H-pyrrole nitrogens is 1. The molecule has 7 nitrogen and oxygen atoms in total. The lowest BCUT2D eigenvalue weighted by molar-refractivity contribution is -0.129. The summed E-state index contributed by atoms with van der Waals surface area (Å²) >= 11 is 0. The van der Waals surface area contributed by atoms with Gasteiger partial charge in [-0.25, -0.2) is 0 Å². The average Bonchev–Trinajstić information content (AvgIpc) is 3.39. The number of benzene rings is 1. The van der Waals surface area contributed by atoms with Crippen molar-refractivity contribution in [1.82, 2.24) is 29.5 Å². The average molecular weight is 364 g/mol. The molecule has 3 aromatic rings. The van der Waals surface area contributed by atoms with Crippen molar-refractivity contribution in [2.75, 3.05) is 13.1 Å². The molecule has 1 N–H and O–H groups in total. The molecule has 140 valence electrons. The van der Waals surface area contributed by atoms with Crippen molar-refractivity contribution in [2.24, 2.45) is 0 Å². The van der Waals surface area contributed by atoms with Gasteiger partial charge >= 0.3 is 0 Å². The summed E-state index contributed by atoms with van der Waals surface area (Å²) in [7, 11) is 0. The third-order valence-corrected chi connectivity index (χ3v) is 5.84. The van der Waals surface area contributed by atoms with Gasteiger partial charge in [0.1, 0.15) is 5.82 Å². The number of carbonyl (C=O) groups excluding carboxylic acids is 1. The third-order valence-electron chi connectivity index (χ3n) is 5.84. The molecule has 0 saturated carbocycles. The van der Waals surface area contributed by atoms with Crippen LogP contribution in [-0.4, -0.2) is 48.5 Å². The van der Waals surface area contributed by atoms with Gasteiger partial charge in [-0.1, -0.05) is 6.07 Å². The van der Waals surface area contributed by atoms with Gasteiger partial charge in [0, 0.05) is 44.8 Å². The fraction of sp³-hybridized carbons (Fsp3) is 0.450. The van der Waals surface area contributed by atoms with E-state index in [1.165, 1.54) is 16.5 Å². The Morgan fingerprint density at radius 3 is 3.04 bits per heavy atom. The summed E-state index contributed by atoms with van der Waals surface area (Å²) in [6.07, 6.45) is 4.00. The highest BCUT2D eigenvalue weighted by atomic mass is 16.2. The first-order valence-electron chi connectivity index (χ1n) is 9.66. The molecule has 5 rings (SSSR count). The quantitative estimate of drug-likeness (QED) is 0.775. The highest BCUT2D eigenvalue weighted by molar-refractivity contribution is 5.79. The predicted molar refractivity (Wildman–Crippen MR) is 102 cm³/mol. The number of carbonyl (C=O) groups is 1. The Kier molecular flexibility index (Phi) is 3.97. The van der Waals surface area contributed by atoms with Crippen LogP contribution in [0.15, 0.2) is 30.5 Å². The van der Waals surface area contributed by atoms with E-state index in [9.17, 15) is 4.79 Å². The molecular weight excluding hydrogens is 340 g/mol. The lowest BCUT2D eigenvalue weighted by Gasteiger charge is -2.29. The second-order valence-electron chi connectivity index (χ2n) is 7.61. The lowest BCUT2D eigenvalue weighted by atomic mass is 10.1. The molecule has 1 saturated heterocycles. The van der Waals surface area contributed by atoms with E-state index in [-0.39, 0.29) is 11.9 Å². The van der Waals surface area contributed by atoms with Crippen molar-refractivity contribution < 1.29 is 4.79 Å². The summed E-state index contributed by atoms with van der Waals surface area (Å²) < 4.78 is 2.23. The molecule has 27 heavy (non-hydrogen) atoms. The normalized spacial score (nSPS) is 20.3. The molecule has 1 fully saturated rings. The summed E-state index contributed by atoms with van der Waals surface area (Å²) in [5, 5.41) is 10.2. The molecule has 4 heterocycles. The van der Waals surface area contributed by atoms with Crippen LogP contribution in [0.1, 0.15) is 43.0 Å². The number of hydrogen-bond acceptors (Lipinski definition) is 4. The molecule has 1 amide bonds. The molecule has 0 unspecified atom stereocenters. The summed E-state index contributed by atoms with van der Waals surface area (Å²) in [6.45, 7) is 6.03. The standard InChI is InChI=1S/C20H24N6O/c1-14(27)25-8-2-3-18(25)20-23-22-19-13-24(9-10-26(19)20)12-15-4-5-17-16(11-15)6-7-21-17/h4-7,11,18,21H,2-3,8-10,12-13H2,1H3/t18-/m1/s1. The van der Waals surface area contributed by atoms with Crippen LogP contribution in [-0.2, 0) is 24.4 Å². The van der Waals surface area contributed by atoms with Gasteiger partial charge in [-0.3, -0.25) is 9.69 Å². The van der Waals surface area contributed by atoms with E-state index >= 15 is 0 Å². The number of fused-ring (bicyclic) bond motifs is 2. The van der Waals surface area contributed by atoms with E-state index in [0.29, 0.717) is 0 Å². The van der Waals surface area contributed by atoms with E-state index in [0.717, 1.165) is 57.2 Å². The number of aromatic nitrogens is 4. The maximum Gasteiger partial charge on any atom is 0.220 e. The zero-order chi connectivity index (χ0) is 18.4. The molecule has 2 aliphatic heterocycles. The molecule has 0 aliphatic carbocycles. The van der Waals surface area contributed by atoms with Crippen LogP contribution in [0, 0.1) is 0 Å². The van der Waals surface area contributed by atoms with E-state index in [4.69, 9.17) is 0 Å². The van der Waals surface area contributed by atoms with Crippen LogP contribution in [0.4, 0.5) is 0 Å². The number of amides is 1. The van der Waals surface area contributed by atoms with Gasteiger partial charge < -0.3 is 14.5 Å². The van der Waals surface area contributed by atoms with Crippen molar-refractivity contribution in [1.29, 1.82) is 0 Å². The predicted octanol–water partition coefficient (Wildman–Crippen LogP) is 2.46. The van der Waals surface area contributed by atoms with Crippen LogP contribution in [0.25, 0.3) is 10.9 Å². The van der Waals surface area contributed by atoms with Crippen LogP contribution >= 0.6 is 0 Å². The van der Waals surface area contributed by atoms with Crippen molar-refractivity contribution in [3.63, 3.8) is 0 Å². The number of rotatable bonds is 3. The second kappa shape index (κ2) is 6.49. The Bertz CT molecular complexity index is 989. The smallest absolute Gasteiger partial charge is 0.220 e. The first-order valence-corrected chi connectivity index (χ1v) is 9.66. The fourth-order valence-electron chi connectivity index (χ4n) is 4.48. The van der Waals surface area contributed by atoms with Crippen LogP contribution in [0.5, 0.6) is 0 Å². The summed E-state index contributed by atoms with van der Waals surface area (Å²) in [5.74, 6) is 2.10. The topological polar surface area (TPSA) is 70.1 Å². The Morgan fingerprint density at radius 1 is 1.22 bits per heavy atom.